The standard InChI is InChI=1S/C14H17Br2ClO3S/c15-11-4-5-13(12(16)8-11)20-9-14(10-21(17,18)19)6-2-1-3-7-14/h4-5,8H,1-3,6-7,9-10H2. The molecule has 7 heteroatoms. The number of benzene rings is 1. The highest BCUT2D eigenvalue weighted by molar-refractivity contribution is 9.11. The molecule has 1 aromatic rings. The van der Waals surface area contributed by atoms with Crippen LogP contribution in [0.25, 0.3) is 0 Å². The van der Waals surface area contributed by atoms with Gasteiger partial charge in [0.1, 0.15) is 5.75 Å². The Kier molecular flexibility index (Phi) is 6.02. The van der Waals surface area contributed by atoms with E-state index in [0.717, 1.165) is 46.8 Å². The van der Waals surface area contributed by atoms with E-state index in [2.05, 4.69) is 31.9 Å². The van der Waals surface area contributed by atoms with Crippen LogP contribution in [0.2, 0.25) is 0 Å². The van der Waals surface area contributed by atoms with E-state index in [0.29, 0.717) is 6.61 Å². The van der Waals surface area contributed by atoms with Crippen molar-refractivity contribution in [1.29, 1.82) is 0 Å². The Morgan fingerprint density at radius 2 is 1.86 bits per heavy atom. The quantitative estimate of drug-likeness (QED) is 0.574. The maximum Gasteiger partial charge on any atom is 0.233 e. The summed E-state index contributed by atoms with van der Waals surface area (Å²) in [6.07, 6.45) is 4.88. The molecule has 0 N–H and O–H groups in total. The molecule has 0 bridgehead atoms. The summed E-state index contributed by atoms with van der Waals surface area (Å²) < 4.78 is 30.7. The Labute approximate surface area is 147 Å². The van der Waals surface area contributed by atoms with Crippen LogP contribution in [-0.2, 0) is 9.05 Å². The molecule has 3 nitrogen and oxygen atoms in total. The van der Waals surface area contributed by atoms with Gasteiger partial charge in [-0.05, 0) is 47.0 Å². The summed E-state index contributed by atoms with van der Waals surface area (Å²) in [7, 11) is 1.96. The molecule has 0 unspecified atom stereocenters. The third-order valence-electron chi connectivity index (χ3n) is 3.82. The lowest BCUT2D eigenvalue weighted by Crippen LogP contribution is -2.36. The first-order valence-corrected chi connectivity index (χ1v) is 10.9. The summed E-state index contributed by atoms with van der Waals surface area (Å²) in [6, 6.07) is 5.66. The number of rotatable bonds is 5. The summed E-state index contributed by atoms with van der Waals surface area (Å²) in [5, 5.41) is 0. The Hall–Kier alpha value is 0.220. The molecule has 0 aliphatic heterocycles. The average Bonchev–Trinajstić information content (AvgIpc) is 2.37. The second-order valence-electron chi connectivity index (χ2n) is 5.61. The fourth-order valence-corrected chi connectivity index (χ4v) is 5.78. The van der Waals surface area contributed by atoms with E-state index in [1.807, 2.05) is 18.2 Å². The smallest absolute Gasteiger partial charge is 0.233 e. The van der Waals surface area contributed by atoms with Crippen LogP contribution in [0.1, 0.15) is 32.1 Å². The van der Waals surface area contributed by atoms with Crippen LogP contribution in [0.5, 0.6) is 5.75 Å². The van der Waals surface area contributed by atoms with Gasteiger partial charge in [0.25, 0.3) is 0 Å². The zero-order chi connectivity index (χ0) is 15.5. The van der Waals surface area contributed by atoms with Crippen molar-refractivity contribution < 1.29 is 13.2 Å². The zero-order valence-electron chi connectivity index (χ0n) is 11.4. The van der Waals surface area contributed by atoms with Crippen molar-refractivity contribution in [1.82, 2.24) is 0 Å². The Morgan fingerprint density at radius 3 is 2.43 bits per heavy atom. The van der Waals surface area contributed by atoms with Gasteiger partial charge >= 0.3 is 0 Å². The lowest BCUT2D eigenvalue weighted by atomic mass is 9.76. The summed E-state index contributed by atoms with van der Waals surface area (Å²) >= 11 is 6.84. The molecule has 0 aromatic heterocycles. The maximum atomic E-state index is 11.5. The molecule has 21 heavy (non-hydrogen) atoms. The fraction of sp³-hybridized carbons (Fsp3) is 0.571. The molecule has 1 aliphatic carbocycles. The van der Waals surface area contributed by atoms with Crippen molar-refractivity contribution in [3.05, 3.63) is 27.1 Å². The van der Waals surface area contributed by atoms with Gasteiger partial charge in [-0.15, -0.1) is 0 Å². The third-order valence-corrected chi connectivity index (χ3v) is 6.22. The van der Waals surface area contributed by atoms with Crippen LogP contribution < -0.4 is 4.74 Å². The fourth-order valence-electron chi connectivity index (χ4n) is 2.82. The minimum Gasteiger partial charge on any atom is -0.492 e. The second-order valence-corrected chi connectivity index (χ2v) is 10.2. The highest BCUT2D eigenvalue weighted by Crippen LogP contribution is 2.39. The molecule has 1 fully saturated rings. The molecule has 1 aliphatic rings. The molecule has 1 aromatic carbocycles. The van der Waals surface area contributed by atoms with E-state index in [4.69, 9.17) is 15.4 Å². The summed E-state index contributed by atoms with van der Waals surface area (Å²) in [6.45, 7) is 0.374. The van der Waals surface area contributed by atoms with E-state index in [-0.39, 0.29) is 11.2 Å². The van der Waals surface area contributed by atoms with E-state index >= 15 is 0 Å². The average molecular weight is 461 g/mol. The van der Waals surface area contributed by atoms with Gasteiger partial charge < -0.3 is 4.74 Å². The van der Waals surface area contributed by atoms with Gasteiger partial charge in [0.2, 0.25) is 9.05 Å². The molecule has 0 radical (unpaired) electrons. The molecule has 1 saturated carbocycles. The summed E-state index contributed by atoms with van der Waals surface area (Å²) in [5.74, 6) is 0.700. The lowest BCUT2D eigenvalue weighted by Gasteiger charge is -2.36. The van der Waals surface area contributed by atoms with Crippen LogP contribution in [0.4, 0.5) is 0 Å². The van der Waals surface area contributed by atoms with Crippen molar-refractivity contribution in [2.75, 3.05) is 12.4 Å². The van der Waals surface area contributed by atoms with Gasteiger partial charge in [-0.25, -0.2) is 8.42 Å². The Bertz CT molecular complexity index is 598. The molecule has 0 atom stereocenters. The molecule has 0 amide bonds. The van der Waals surface area contributed by atoms with Crippen LogP contribution in [-0.4, -0.2) is 20.8 Å². The van der Waals surface area contributed by atoms with Crippen LogP contribution in [0.15, 0.2) is 27.1 Å². The second kappa shape index (κ2) is 7.20. The van der Waals surface area contributed by atoms with Gasteiger partial charge in [-0.1, -0.05) is 35.2 Å². The monoisotopic (exact) mass is 458 g/mol. The summed E-state index contributed by atoms with van der Waals surface area (Å²) in [4.78, 5) is 0. The van der Waals surface area contributed by atoms with Gasteiger partial charge in [-0.2, -0.15) is 0 Å². The van der Waals surface area contributed by atoms with E-state index in [1.54, 1.807) is 0 Å². The number of ether oxygens (including phenoxy) is 1. The number of hydrogen-bond acceptors (Lipinski definition) is 3. The molecular formula is C14H17Br2ClO3S. The predicted octanol–water partition coefficient (Wildman–Crippen LogP) is 5.11. The predicted molar refractivity (Wildman–Crippen MR) is 92.5 cm³/mol. The van der Waals surface area contributed by atoms with E-state index < -0.39 is 9.05 Å². The van der Waals surface area contributed by atoms with Gasteiger partial charge in [0.15, 0.2) is 0 Å². The Balaban J connectivity index is 2.12. The maximum absolute atomic E-state index is 11.5. The Morgan fingerprint density at radius 1 is 1.19 bits per heavy atom. The first-order valence-electron chi connectivity index (χ1n) is 6.80. The van der Waals surface area contributed by atoms with Crippen LogP contribution in [0.3, 0.4) is 0 Å². The molecule has 0 heterocycles. The number of halogens is 3. The molecule has 2 rings (SSSR count). The largest absolute Gasteiger partial charge is 0.492 e. The van der Waals surface area contributed by atoms with Crippen molar-refractivity contribution in [2.24, 2.45) is 5.41 Å². The van der Waals surface area contributed by atoms with Crippen molar-refractivity contribution in [3.63, 3.8) is 0 Å². The minimum absolute atomic E-state index is 0.0182. The van der Waals surface area contributed by atoms with E-state index in [1.165, 1.54) is 0 Å². The molecule has 0 saturated heterocycles. The minimum atomic E-state index is -3.53. The van der Waals surface area contributed by atoms with Crippen LogP contribution >= 0.6 is 42.5 Å². The number of hydrogen-bond donors (Lipinski definition) is 0. The van der Waals surface area contributed by atoms with Crippen LogP contribution in [0, 0.1) is 5.41 Å². The van der Waals surface area contributed by atoms with Crippen molar-refractivity contribution in [2.45, 2.75) is 32.1 Å². The first-order chi connectivity index (χ1) is 9.80. The summed E-state index contributed by atoms with van der Waals surface area (Å²) in [5.41, 5.74) is -0.370. The molecular weight excluding hydrogens is 443 g/mol. The van der Waals surface area contributed by atoms with Crippen molar-refractivity contribution in [3.8, 4) is 5.75 Å². The SMILES string of the molecule is O=S(=O)(Cl)CC1(COc2ccc(Br)cc2Br)CCCCC1. The highest BCUT2D eigenvalue weighted by atomic mass is 79.9. The normalized spacial score (nSPS) is 18.4. The topological polar surface area (TPSA) is 43.4 Å². The van der Waals surface area contributed by atoms with E-state index in [9.17, 15) is 8.42 Å². The third kappa shape index (κ3) is 5.41. The van der Waals surface area contributed by atoms with Crippen molar-refractivity contribution >= 4 is 51.6 Å². The van der Waals surface area contributed by atoms with Gasteiger partial charge in [0.05, 0.1) is 16.8 Å². The molecule has 0 spiro atoms. The zero-order valence-corrected chi connectivity index (χ0v) is 16.2. The molecule has 118 valence electrons. The first kappa shape index (κ1) is 17.6. The lowest BCUT2D eigenvalue weighted by molar-refractivity contribution is 0.118. The highest BCUT2D eigenvalue weighted by Gasteiger charge is 2.37. The van der Waals surface area contributed by atoms with Gasteiger partial charge in [0, 0.05) is 20.6 Å². The van der Waals surface area contributed by atoms with Gasteiger partial charge in [-0.3, -0.25) is 0 Å².